The molecular weight excluding hydrogens is 513 g/mol. The van der Waals surface area contributed by atoms with Gasteiger partial charge < -0.3 is 5.32 Å². The Hall–Kier alpha value is -2.31. The number of alkyl halides is 3. The second-order valence-corrected chi connectivity index (χ2v) is 14.0. The van der Waals surface area contributed by atoms with Crippen molar-refractivity contribution in [3.63, 3.8) is 0 Å². The van der Waals surface area contributed by atoms with E-state index in [4.69, 9.17) is 0 Å². The van der Waals surface area contributed by atoms with Gasteiger partial charge in [-0.3, -0.25) is 9.69 Å². The molecule has 1 aliphatic heterocycles. The quantitative estimate of drug-likeness (QED) is 0.406. The summed E-state index contributed by atoms with van der Waals surface area (Å²) in [5.41, 5.74) is -0.907. The number of benzene rings is 1. The lowest BCUT2D eigenvalue weighted by Crippen LogP contribution is -2.63. The van der Waals surface area contributed by atoms with Crippen LogP contribution < -0.4 is 5.32 Å². The van der Waals surface area contributed by atoms with Crippen LogP contribution in [-0.2, 0) is 16.5 Å². The number of carbonyl (C=O) groups is 2. The minimum atomic E-state index is -4.42. The van der Waals surface area contributed by atoms with Crippen molar-refractivity contribution in [3.8, 4) is 0 Å². The molecule has 4 fully saturated rings. The highest BCUT2D eigenvalue weighted by Gasteiger charge is 2.68. The maximum atomic E-state index is 14.2. The Bertz CT molecular complexity index is 1220. The molecule has 1 unspecified atom stereocenters. The molecule has 1 aromatic carbocycles. The summed E-state index contributed by atoms with van der Waals surface area (Å²) in [5.74, 6) is 1.50. The Labute approximate surface area is 236 Å². The molecule has 0 bridgehead atoms. The van der Waals surface area contributed by atoms with Gasteiger partial charge in [0.05, 0.1) is 17.1 Å². The van der Waals surface area contributed by atoms with E-state index in [0.29, 0.717) is 29.2 Å². The Morgan fingerprint density at radius 3 is 2.33 bits per heavy atom. The van der Waals surface area contributed by atoms with Crippen LogP contribution in [0.5, 0.6) is 0 Å². The Kier molecular flexibility index (Phi) is 6.33. The number of nitrogens with one attached hydrogen (secondary N) is 1. The average Bonchev–Trinajstić information content (AvgIpc) is 3.39. The van der Waals surface area contributed by atoms with Crippen molar-refractivity contribution < 1.29 is 22.8 Å². The SMILES string of the molecule is CCC1(CC)CC1(NC(=O)N1C(=O)C=C[C@]2(C)[C@H]3CC[C@]4(C)CCC[C@H]4[C@@H]3CC[C@@H]12)c1ccc(C(F)(F)F)cc1. The van der Waals surface area contributed by atoms with E-state index in [9.17, 15) is 22.8 Å². The molecule has 1 N–H and O–H groups in total. The topological polar surface area (TPSA) is 49.4 Å². The first-order chi connectivity index (χ1) is 18.8. The minimum absolute atomic E-state index is 0.210. The van der Waals surface area contributed by atoms with Crippen LogP contribution in [0, 0.1) is 34.0 Å². The van der Waals surface area contributed by atoms with Crippen LogP contribution in [0.2, 0.25) is 0 Å². The van der Waals surface area contributed by atoms with Crippen molar-refractivity contribution in [2.45, 2.75) is 110 Å². The van der Waals surface area contributed by atoms with E-state index >= 15 is 0 Å². The molecule has 1 heterocycles. The third kappa shape index (κ3) is 3.84. The highest BCUT2D eigenvalue weighted by atomic mass is 19.4. The highest BCUT2D eigenvalue weighted by molar-refractivity contribution is 6.02. The number of hydrogen-bond donors (Lipinski definition) is 1. The van der Waals surface area contributed by atoms with Crippen LogP contribution in [-0.4, -0.2) is 22.9 Å². The molecular formula is C33H43F3N2O2. The molecule has 4 aliphatic carbocycles. The number of carbonyl (C=O) groups excluding carboxylic acids is 2. The van der Waals surface area contributed by atoms with Crippen molar-refractivity contribution in [3.05, 3.63) is 47.5 Å². The zero-order valence-corrected chi connectivity index (χ0v) is 24.2. The number of amides is 3. The van der Waals surface area contributed by atoms with Crippen molar-refractivity contribution in [2.75, 3.05) is 0 Å². The van der Waals surface area contributed by atoms with Crippen LogP contribution in [0.1, 0.15) is 103 Å². The smallest absolute Gasteiger partial charge is 0.327 e. The summed E-state index contributed by atoms with van der Waals surface area (Å²) in [7, 11) is 0. The van der Waals surface area contributed by atoms with Gasteiger partial charge in [-0.15, -0.1) is 0 Å². The Balaban J connectivity index is 1.30. The number of imide groups is 1. The fraction of sp³-hybridized carbons (Fsp3) is 0.697. The fourth-order valence-corrected chi connectivity index (χ4v) is 10.1. The van der Waals surface area contributed by atoms with E-state index < -0.39 is 23.3 Å². The predicted octanol–water partition coefficient (Wildman–Crippen LogP) is 8.22. The molecule has 4 nitrogen and oxygen atoms in total. The lowest BCUT2D eigenvalue weighted by atomic mass is 9.48. The predicted molar refractivity (Wildman–Crippen MR) is 148 cm³/mol. The maximum Gasteiger partial charge on any atom is 0.416 e. The van der Waals surface area contributed by atoms with Crippen LogP contribution in [0.15, 0.2) is 36.4 Å². The molecule has 7 heteroatoms. The second kappa shape index (κ2) is 9.09. The zero-order valence-electron chi connectivity index (χ0n) is 24.2. The van der Waals surface area contributed by atoms with Crippen molar-refractivity contribution in [1.82, 2.24) is 10.2 Å². The Morgan fingerprint density at radius 1 is 1.00 bits per heavy atom. The molecule has 0 saturated heterocycles. The van der Waals surface area contributed by atoms with Gasteiger partial charge in [0, 0.05) is 11.5 Å². The molecule has 40 heavy (non-hydrogen) atoms. The number of fused-ring (bicyclic) bond motifs is 5. The lowest BCUT2D eigenvalue weighted by Gasteiger charge is -2.59. The van der Waals surface area contributed by atoms with Crippen molar-refractivity contribution >= 4 is 11.9 Å². The summed E-state index contributed by atoms with van der Waals surface area (Å²) in [6.45, 7) is 8.85. The summed E-state index contributed by atoms with van der Waals surface area (Å²) in [6, 6.07) is 4.59. The van der Waals surface area contributed by atoms with Gasteiger partial charge in [-0.2, -0.15) is 13.2 Å². The van der Waals surface area contributed by atoms with Crippen LogP contribution in [0.3, 0.4) is 0 Å². The molecule has 3 amide bonds. The van der Waals surface area contributed by atoms with Gasteiger partial charge in [0.25, 0.3) is 5.91 Å². The molecule has 0 aromatic heterocycles. The third-order valence-corrected chi connectivity index (χ3v) is 12.6. The van der Waals surface area contributed by atoms with Gasteiger partial charge in [0.15, 0.2) is 0 Å². The first-order valence-corrected chi connectivity index (χ1v) is 15.4. The number of nitrogens with zero attached hydrogens (tertiary/aromatic N) is 1. The first-order valence-electron chi connectivity index (χ1n) is 15.4. The van der Waals surface area contributed by atoms with Crippen LogP contribution in [0.25, 0.3) is 0 Å². The monoisotopic (exact) mass is 556 g/mol. The van der Waals surface area contributed by atoms with E-state index in [2.05, 4.69) is 39.1 Å². The maximum absolute atomic E-state index is 14.2. The normalized spacial score (nSPS) is 39.8. The molecule has 0 spiro atoms. The van der Waals surface area contributed by atoms with Gasteiger partial charge in [0.2, 0.25) is 0 Å². The molecule has 1 aromatic rings. The summed E-state index contributed by atoms with van der Waals surface area (Å²) in [6.07, 6.45) is 9.57. The van der Waals surface area contributed by atoms with Crippen molar-refractivity contribution in [2.24, 2.45) is 34.0 Å². The van der Waals surface area contributed by atoms with E-state index in [0.717, 1.165) is 50.2 Å². The summed E-state index contributed by atoms with van der Waals surface area (Å²) in [4.78, 5) is 29.0. The van der Waals surface area contributed by atoms with E-state index in [1.54, 1.807) is 6.08 Å². The van der Waals surface area contributed by atoms with E-state index in [-0.39, 0.29) is 22.8 Å². The lowest BCUT2D eigenvalue weighted by molar-refractivity contribution is -0.137. The molecule has 218 valence electrons. The van der Waals surface area contributed by atoms with Gasteiger partial charge in [-0.1, -0.05) is 52.3 Å². The summed E-state index contributed by atoms with van der Waals surface area (Å²) in [5, 5.41) is 3.25. The Morgan fingerprint density at radius 2 is 1.70 bits per heavy atom. The number of urea groups is 1. The number of hydrogen-bond acceptors (Lipinski definition) is 2. The van der Waals surface area contributed by atoms with Crippen LogP contribution >= 0.6 is 0 Å². The summed E-state index contributed by atoms with van der Waals surface area (Å²) < 4.78 is 39.9. The number of rotatable bonds is 4. The fourth-order valence-electron chi connectivity index (χ4n) is 10.1. The van der Waals surface area contributed by atoms with Crippen molar-refractivity contribution in [1.29, 1.82) is 0 Å². The first kappa shape index (κ1) is 27.8. The highest BCUT2D eigenvalue weighted by Crippen LogP contribution is 2.67. The largest absolute Gasteiger partial charge is 0.416 e. The average molecular weight is 557 g/mol. The molecule has 6 rings (SSSR count). The van der Waals surface area contributed by atoms with Gasteiger partial charge in [-0.25, -0.2) is 4.79 Å². The third-order valence-electron chi connectivity index (χ3n) is 12.6. The molecule has 5 aliphatic rings. The van der Waals surface area contributed by atoms with Gasteiger partial charge >= 0.3 is 12.2 Å². The van der Waals surface area contributed by atoms with E-state index in [1.807, 2.05) is 0 Å². The van der Waals surface area contributed by atoms with E-state index in [1.165, 1.54) is 42.7 Å². The van der Waals surface area contributed by atoms with Crippen LogP contribution in [0.4, 0.5) is 18.0 Å². The number of halogens is 3. The molecule has 7 atom stereocenters. The minimum Gasteiger partial charge on any atom is -0.327 e. The molecule has 4 saturated carbocycles. The summed E-state index contributed by atoms with van der Waals surface area (Å²) >= 11 is 0. The van der Waals surface area contributed by atoms with Gasteiger partial charge in [0.1, 0.15) is 0 Å². The molecule has 0 radical (unpaired) electrons. The standard InChI is InChI=1S/C33H43F3N2O2/c1-5-31(6-2)20-32(31,21-9-11-22(12-10-21)33(34,35)36)37-28(40)38-26-14-13-23-24-8-7-17-29(24,3)18-15-25(23)30(26,4)19-16-27(38)39/h9-12,16,19,23-26H,5-8,13-15,17-18,20H2,1-4H3,(H,37,40)/t23-,24-,25-,26+,29-,30+,32?/m0/s1. The zero-order chi connectivity index (χ0) is 28.7. The second-order valence-electron chi connectivity index (χ2n) is 14.0. The van der Waals surface area contributed by atoms with Gasteiger partial charge in [-0.05, 0) is 104 Å².